The van der Waals surface area contributed by atoms with E-state index in [1.165, 1.54) is 5.56 Å². The number of morpholine rings is 1. The van der Waals surface area contributed by atoms with E-state index in [0.717, 1.165) is 51.5 Å². The number of hydrogen-bond acceptors (Lipinski definition) is 10. The van der Waals surface area contributed by atoms with Gasteiger partial charge in [0.1, 0.15) is 6.61 Å². The van der Waals surface area contributed by atoms with Crippen molar-refractivity contribution in [3.05, 3.63) is 35.4 Å². The number of benzene rings is 1. The minimum Gasteiger partial charge on any atom is -0.480 e. The molecule has 1 aromatic carbocycles. The van der Waals surface area contributed by atoms with E-state index in [0.29, 0.717) is 30.9 Å². The third-order valence-electron chi connectivity index (χ3n) is 5.50. The fraction of sp³-hybridized carbons (Fsp3) is 0.500. The molecule has 33 heavy (non-hydrogen) atoms. The lowest BCUT2D eigenvalue weighted by molar-refractivity contribution is 0.0384. The molecule has 0 atom stereocenters. The van der Waals surface area contributed by atoms with Crippen molar-refractivity contribution in [1.82, 2.24) is 29.7 Å². The standard InChI is InChI=1S/C22H31N7O4/c1-31-12-13-33-21-26-19(23)18-20(27-21)29(22(30)25-18)15-17-4-2-16(3-5-17)14-24-6-7-28-8-10-32-11-9-28/h2-5,24H,6-15H2,1H3,(H,25,30)(H2,23,26,27). The van der Waals surface area contributed by atoms with Crippen LogP contribution in [0, 0.1) is 0 Å². The summed E-state index contributed by atoms with van der Waals surface area (Å²) in [6.45, 7) is 7.50. The number of nitrogen functional groups attached to an aromatic ring is 1. The highest BCUT2D eigenvalue weighted by molar-refractivity contribution is 5.83. The van der Waals surface area contributed by atoms with Crippen LogP contribution in [-0.4, -0.2) is 89.2 Å². The molecule has 3 aromatic rings. The molecule has 0 unspecified atom stereocenters. The van der Waals surface area contributed by atoms with Crippen LogP contribution in [0.2, 0.25) is 0 Å². The first-order valence-corrected chi connectivity index (χ1v) is 11.1. The number of aromatic hydroxyl groups is 1. The van der Waals surface area contributed by atoms with Crippen molar-refractivity contribution in [2.24, 2.45) is 0 Å². The average molecular weight is 458 g/mol. The number of nitrogens with zero attached hydrogens (tertiary/aromatic N) is 5. The van der Waals surface area contributed by atoms with Gasteiger partial charge in [0, 0.05) is 39.8 Å². The monoisotopic (exact) mass is 457 g/mol. The number of fused-ring (bicyclic) bond motifs is 1. The van der Waals surface area contributed by atoms with Gasteiger partial charge in [-0.25, -0.2) is 0 Å². The number of methoxy groups -OCH3 is 1. The Balaban J connectivity index is 1.36. The predicted molar refractivity (Wildman–Crippen MR) is 123 cm³/mol. The molecule has 1 saturated heterocycles. The lowest BCUT2D eigenvalue weighted by Gasteiger charge is -2.26. The van der Waals surface area contributed by atoms with E-state index in [2.05, 4.69) is 37.3 Å². The van der Waals surface area contributed by atoms with E-state index in [1.54, 1.807) is 11.7 Å². The number of ether oxygens (including phenoxy) is 3. The molecule has 4 rings (SSSR count). The Morgan fingerprint density at radius 1 is 1.09 bits per heavy atom. The van der Waals surface area contributed by atoms with E-state index in [9.17, 15) is 5.11 Å². The zero-order valence-electron chi connectivity index (χ0n) is 18.9. The Bertz CT molecular complexity index is 1040. The van der Waals surface area contributed by atoms with Crippen molar-refractivity contribution in [2.45, 2.75) is 13.1 Å². The Morgan fingerprint density at radius 3 is 2.61 bits per heavy atom. The van der Waals surface area contributed by atoms with E-state index >= 15 is 0 Å². The lowest BCUT2D eigenvalue weighted by atomic mass is 10.1. The van der Waals surface area contributed by atoms with Crippen LogP contribution in [0.5, 0.6) is 12.0 Å². The van der Waals surface area contributed by atoms with Crippen LogP contribution in [0.3, 0.4) is 0 Å². The van der Waals surface area contributed by atoms with Crippen LogP contribution in [-0.2, 0) is 22.6 Å². The summed E-state index contributed by atoms with van der Waals surface area (Å²) < 4.78 is 17.4. The molecule has 11 heteroatoms. The molecule has 0 bridgehead atoms. The fourth-order valence-electron chi connectivity index (χ4n) is 3.66. The number of nitrogens with one attached hydrogen (secondary N) is 1. The minimum absolute atomic E-state index is 0.122. The quantitative estimate of drug-likeness (QED) is 0.352. The smallest absolute Gasteiger partial charge is 0.320 e. The first kappa shape index (κ1) is 23.2. The molecule has 1 aliphatic heterocycles. The van der Waals surface area contributed by atoms with Crippen molar-refractivity contribution in [1.29, 1.82) is 0 Å². The highest BCUT2D eigenvalue weighted by atomic mass is 16.5. The van der Waals surface area contributed by atoms with E-state index in [-0.39, 0.29) is 17.8 Å². The summed E-state index contributed by atoms with van der Waals surface area (Å²) in [5.74, 6) is 0.153. The average Bonchev–Trinajstić information content (AvgIpc) is 3.14. The molecule has 3 heterocycles. The molecular weight excluding hydrogens is 426 g/mol. The zero-order chi connectivity index (χ0) is 23.0. The van der Waals surface area contributed by atoms with E-state index in [4.69, 9.17) is 19.9 Å². The van der Waals surface area contributed by atoms with Crippen LogP contribution >= 0.6 is 0 Å². The molecule has 0 radical (unpaired) electrons. The number of rotatable bonds is 11. The molecule has 178 valence electrons. The SMILES string of the molecule is COCCOc1nc(N)c2nc(O)n(Cc3ccc(CNCCN4CCOCC4)cc3)c2n1. The van der Waals surface area contributed by atoms with Crippen molar-refractivity contribution in [2.75, 3.05) is 65.5 Å². The Labute approximate surface area is 192 Å². The highest BCUT2D eigenvalue weighted by Crippen LogP contribution is 2.25. The molecule has 0 aliphatic carbocycles. The largest absolute Gasteiger partial charge is 0.480 e. The summed E-state index contributed by atoms with van der Waals surface area (Å²) in [5.41, 5.74) is 8.95. The van der Waals surface area contributed by atoms with Crippen molar-refractivity contribution in [3.63, 3.8) is 0 Å². The van der Waals surface area contributed by atoms with Crippen LogP contribution in [0.15, 0.2) is 24.3 Å². The number of hydrogen-bond donors (Lipinski definition) is 3. The van der Waals surface area contributed by atoms with E-state index in [1.807, 2.05) is 12.1 Å². The van der Waals surface area contributed by atoms with Gasteiger partial charge in [0.15, 0.2) is 17.0 Å². The molecule has 1 aliphatic rings. The third kappa shape index (κ3) is 6.08. The number of imidazole rings is 1. The summed E-state index contributed by atoms with van der Waals surface area (Å²) in [6.07, 6.45) is 0. The van der Waals surface area contributed by atoms with Crippen molar-refractivity contribution >= 4 is 17.0 Å². The highest BCUT2D eigenvalue weighted by Gasteiger charge is 2.17. The number of nitrogens with two attached hydrogens (primary N) is 1. The topological polar surface area (TPSA) is 133 Å². The van der Waals surface area contributed by atoms with Gasteiger partial charge in [0.25, 0.3) is 6.01 Å². The molecule has 2 aromatic heterocycles. The predicted octanol–water partition coefficient (Wildman–Crippen LogP) is 0.609. The van der Waals surface area contributed by atoms with Gasteiger partial charge in [-0.15, -0.1) is 0 Å². The van der Waals surface area contributed by atoms with Gasteiger partial charge in [-0.05, 0) is 11.1 Å². The number of anilines is 1. The van der Waals surface area contributed by atoms with Gasteiger partial charge in [0.2, 0.25) is 0 Å². The maximum Gasteiger partial charge on any atom is 0.320 e. The van der Waals surface area contributed by atoms with Crippen LogP contribution < -0.4 is 15.8 Å². The summed E-state index contributed by atoms with van der Waals surface area (Å²) in [5, 5.41) is 13.9. The zero-order valence-corrected chi connectivity index (χ0v) is 18.9. The molecule has 11 nitrogen and oxygen atoms in total. The summed E-state index contributed by atoms with van der Waals surface area (Å²) in [6, 6.07) is 8.17. The Kier molecular flexibility index (Phi) is 7.89. The normalized spacial score (nSPS) is 14.7. The van der Waals surface area contributed by atoms with Gasteiger partial charge in [-0.2, -0.15) is 15.0 Å². The molecule has 0 amide bonds. The molecule has 4 N–H and O–H groups in total. The van der Waals surface area contributed by atoms with Gasteiger partial charge < -0.3 is 30.4 Å². The minimum atomic E-state index is -0.172. The van der Waals surface area contributed by atoms with Crippen LogP contribution in [0.1, 0.15) is 11.1 Å². The molecule has 0 spiro atoms. The molecular formula is C22H31N7O4. The van der Waals surface area contributed by atoms with Crippen LogP contribution in [0.4, 0.5) is 5.82 Å². The summed E-state index contributed by atoms with van der Waals surface area (Å²) >= 11 is 0. The second kappa shape index (κ2) is 11.2. The van der Waals surface area contributed by atoms with Crippen LogP contribution in [0.25, 0.3) is 11.2 Å². The van der Waals surface area contributed by atoms with Crippen molar-refractivity contribution in [3.8, 4) is 12.0 Å². The maximum absolute atomic E-state index is 10.4. The second-order valence-electron chi connectivity index (χ2n) is 7.85. The third-order valence-corrected chi connectivity index (χ3v) is 5.50. The number of aromatic nitrogens is 4. The summed E-state index contributed by atoms with van der Waals surface area (Å²) in [4.78, 5) is 15.0. The second-order valence-corrected chi connectivity index (χ2v) is 7.85. The van der Waals surface area contributed by atoms with Gasteiger partial charge in [-0.3, -0.25) is 9.47 Å². The Morgan fingerprint density at radius 2 is 1.85 bits per heavy atom. The lowest BCUT2D eigenvalue weighted by Crippen LogP contribution is -2.40. The van der Waals surface area contributed by atoms with E-state index < -0.39 is 0 Å². The first-order chi connectivity index (χ1) is 16.1. The van der Waals surface area contributed by atoms with Gasteiger partial charge >= 0.3 is 6.01 Å². The first-order valence-electron chi connectivity index (χ1n) is 11.1. The maximum atomic E-state index is 10.4. The molecule has 1 fully saturated rings. The summed E-state index contributed by atoms with van der Waals surface area (Å²) in [7, 11) is 1.59. The Hall–Kier alpha value is -2.99. The van der Waals surface area contributed by atoms with Gasteiger partial charge in [-0.1, -0.05) is 24.3 Å². The molecule has 0 saturated carbocycles. The van der Waals surface area contributed by atoms with Gasteiger partial charge in [0.05, 0.1) is 26.4 Å². The fourth-order valence-corrected chi connectivity index (χ4v) is 3.66. The van der Waals surface area contributed by atoms with Crippen molar-refractivity contribution < 1.29 is 19.3 Å².